The van der Waals surface area contributed by atoms with E-state index in [0.717, 1.165) is 22.1 Å². The summed E-state index contributed by atoms with van der Waals surface area (Å²) in [6.07, 6.45) is 3.02. The van der Waals surface area contributed by atoms with Gasteiger partial charge in [0.2, 0.25) is 0 Å². The Morgan fingerprint density at radius 1 is 1.46 bits per heavy atom. The number of hydrogen-bond acceptors (Lipinski definition) is 1. The van der Waals surface area contributed by atoms with Gasteiger partial charge in [0.25, 0.3) is 0 Å². The maximum absolute atomic E-state index is 4.43. The number of fused-ring (bicyclic) bond motifs is 1. The average Bonchev–Trinajstić information content (AvgIpc) is 2.48. The van der Waals surface area contributed by atoms with Crippen LogP contribution in [0.25, 0.3) is 5.52 Å². The van der Waals surface area contributed by atoms with Crippen LogP contribution in [0.2, 0.25) is 0 Å². The van der Waals surface area contributed by atoms with E-state index < -0.39 is 0 Å². The van der Waals surface area contributed by atoms with Crippen LogP contribution < -0.4 is 0 Å². The van der Waals surface area contributed by atoms with E-state index in [1.165, 1.54) is 5.56 Å². The minimum atomic E-state index is 0.984. The highest BCUT2D eigenvalue weighted by atomic mass is 79.9. The van der Waals surface area contributed by atoms with Crippen molar-refractivity contribution in [2.75, 3.05) is 0 Å². The Balaban J connectivity index is 2.70. The number of hydrogen-bond donors (Lipinski definition) is 0. The van der Waals surface area contributed by atoms with E-state index in [9.17, 15) is 0 Å². The van der Waals surface area contributed by atoms with Crippen molar-refractivity contribution < 1.29 is 0 Å². The zero-order valence-corrected chi connectivity index (χ0v) is 9.30. The molecule has 0 atom stereocenters. The minimum absolute atomic E-state index is 0.984. The summed E-state index contributed by atoms with van der Waals surface area (Å²) in [6.45, 7) is 4.18. The maximum atomic E-state index is 4.43. The number of nitrogens with zero attached hydrogens (tertiary/aromatic N) is 2. The van der Waals surface area contributed by atoms with Crippen molar-refractivity contribution in [3.8, 4) is 0 Å². The molecular formula is C10H11BrN2. The quantitative estimate of drug-likeness (QED) is 0.747. The topological polar surface area (TPSA) is 17.3 Å². The Morgan fingerprint density at radius 2 is 2.23 bits per heavy atom. The van der Waals surface area contributed by atoms with E-state index in [2.05, 4.69) is 47.0 Å². The first-order chi connectivity index (χ1) is 6.20. The Labute approximate surface area is 85.7 Å². The lowest BCUT2D eigenvalue weighted by Gasteiger charge is -1.98. The van der Waals surface area contributed by atoms with Gasteiger partial charge in [-0.1, -0.05) is 22.9 Å². The van der Waals surface area contributed by atoms with Crippen LogP contribution in [0.4, 0.5) is 0 Å². The average molecular weight is 239 g/mol. The fourth-order valence-corrected chi connectivity index (χ4v) is 1.67. The van der Waals surface area contributed by atoms with Gasteiger partial charge in [0, 0.05) is 10.7 Å². The predicted molar refractivity (Wildman–Crippen MR) is 57.0 cm³/mol. The summed E-state index contributed by atoms with van der Waals surface area (Å²) < 4.78 is 3.07. The number of pyridine rings is 1. The van der Waals surface area contributed by atoms with E-state index in [-0.39, 0.29) is 0 Å². The van der Waals surface area contributed by atoms with Gasteiger partial charge in [-0.05, 0) is 31.0 Å². The summed E-state index contributed by atoms with van der Waals surface area (Å²) in [7, 11) is 0. The number of aryl methyl sites for hydroxylation is 2. The minimum Gasteiger partial charge on any atom is -0.240 e. The van der Waals surface area contributed by atoms with Crippen molar-refractivity contribution in [3.05, 3.63) is 34.1 Å². The van der Waals surface area contributed by atoms with Crippen LogP contribution in [-0.2, 0) is 6.42 Å². The number of rotatable bonds is 1. The molecule has 2 aromatic heterocycles. The van der Waals surface area contributed by atoms with Crippen LogP contribution in [0.3, 0.4) is 0 Å². The van der Waals surface area contributed by atoms with Gasteiger partial charge >= 0.3 is 0 Å². The van der Waals surface area contributed by atoms with Crippen LogP contribution in [0.15, 0.2) is 22.8 Å². The second-order valence-electron chi connectivity index (χ2n) is 3.16. The van der Waals surface area contributed by atoms with Gasteiger partial charge in [0.15, 0.2) is 0 Å². The molecule has 0 unspecified atom stereocenters. The molecule has 2 aromatic rings. The van der Waals surface area contributed by atoms with Gasteiger partial charge in [-0.2, -0.15) is 5.10 Å². The van der Waals surface area contributed by atoms with Gasteiger partial charge in [0.1, 0.15) is 0 Å². The molecule has 68 valence electrons. The Morgan fingerprint density at radius 3 is 2.92 bits per heavy atom. The second kappa shape index (κ2) is 3.14. The molecule has 0 bridgehead atoms. The van der Waals surface area contributed by atoms with Gasteiger partial charge in [0.05, 0.1) is 11.2 Å². The zero-order valence-electron chi connectivity index (χ0n) is 7.71. The van der Waals surface area contributed by atoms with E-state index in [0.29, 0.717) is 0 Å². The summed E-state index contributed by atoms with van der Waals surface area (Å²) >= 11 is 3.51. The summed E-state index contributed by atoms with van der Waals surface area (Å²) in [4.78, 5) is 0. The lowest BCUT2D eigenvalue weighted by atomic mass is 10.3. The Hall–Kier alpha value is -0.830. The first-order valence-corrected chi connectivity index (χ1v) is 5.14. The predicted octanol–water partition coefficient (Wildman–Crippen LogP) is 2.97. The molecule has 0 aliphatic rings. The molecule has 0 saturated carbocycles. The lowest BCUT2D eigenvalue weighted by Crippen LogP contribution is -1.89. The van der Waals surface area contributed by atoms with Crippen LogP contribution >= 0.6 is 15.9 Å². The van der Waals surface area contributed by atoms with Crippen molar-refractivity contribution in [1.82, 2.24) is 9.61 Å². The smallest absolute Gasteiger partial charge is 0.0675 e. The Kier molecular flexibility index (Phi) is 2.12. The highest BCUT2D eigenvalue weighted by molar-refractivity contribution is 9.10. The van der Waals surface area contributed by atoms with Crippen molar-refractivity contribution in [3.63, 3.8) is 0 Å². The van der Waals surface area contributed by atoms with Crippen molar-refractivity contribution in [2.45, 2.75) is 20.3 Å². The third-order valence-corrected chi connectivity index (χ3v) is 3.00. The van der Waals surface area contributed by atoms with Crippen molar-refractivity contribution in [1.29, 1.82) is 0 Å². The molecule has 0 spiro atoms. The largest absolute Gasteiger partial charge is 0.240 e. The van der Waals surface area contributed by atoms with Gasteiger partial charge in [-0.3, -0.25) is 0 Å². The van der Waals surface area contributed by atoms with Crippen LogP contribution in [-0.4, -0.2) is 9.61 Å². The number of aromatic nitrogens is 2. The molecule has 0 aromatic carbocycles. The highest BCUT2D eigenvalue weighted by Gasteiger charge is 2.02. The number of halogens is 1. The summed E-state index contributed by atoms with van der Waals surface area (Å²) in [5, 5.41) is 4.43. The Bertz CT molecular complexity index is 406. The molecule has 2 nitrogen and oxygen atoms in total. The lowest BCUT2D eigenvalue weighted by molar-refractivity contribution is 0.891. The van der Waals surface area contributed by atoms with E-state index in [1.54, 1.807) is 0 Å². The third-order valence-electron chi connectivity index (χ3n) is 2.14. The fourth-order valence-electron chi connectivity index (χ4n) is 1.33. The first kappa shape index (κ1) is 8.75. The molecule has 0 radical (unpaired) electrons. The first-order valence-electron chi connectivity index (χ1n) is 4.35. The standard InChI is InChI=1S/C10H11BrN2/c1-3-8-4-9-5-10(11)7(2)6-13(9)12-8/h4-6H,3H2,1-2H3. The van der Waals surface area contributed by atoms with Gasteiger partial charge in [-0.15, -0.1) is 0 Å². The van der Waals surface area contributed by atoms with Crippen LogP contribution in [0.5, 0.6) is 0 Å². The highest BCUT2D eigenvalue weighted by Crippen LogP contribution is 2.18. The molecule has 0 aliphatic carbocycles. The molecule has 2 heterocycles. The molecule has 0 fully saturated rings. The SMILES string of the molecule is CCc1cc2cc(Br)c(C)cn2n1. The van der Waals surface area contributed by atoms with E-state index >= 15 is 0 Å². The summed E-state index contributed by atoms with van der Waals surface area (Å²) in [5.74, 6) is 0. The molecule has 0 aliphatic heterocycles. The monoisotopic (exact) mass is 238 g/mol. The molecule has 0 saturated heterocycles. The normalized spacial score (nSPS) is 11.0. The van der Waals surface area contributed by atoms with Crippen molar-refractivity contribution in [2.24, 2.45) is 0 Å². The van der Waals surface area contributed by atoms with Crippen LogP contribution in [0, 0.1) is 6.92 Å². The summed E-state index contributed by atoms with van der Waals surface area (Å²) in [5.41, 5.74) is 3.49. The molecule has 2 rings (SSSR count). The molecule has 0 amide bonds. The third kappa shape index (κ3) is 1.48. The molecular weight excluding hydrogens is 228 g/mol. The fraction of sp³-hybridized carbons (Fsp3) is 0.300. The van der Waals surface area contributed by atoms with E-state index in [4.69, 9.17) is 0 Å². The zero-order chi connectivity index (χ0) is 9.42. The second-order valence-corrected chi connectivity index (χ2v) is 4.02. The van der Waals surface area contributed by atoms with Gasteiger partial charge in [-0.25, -0.2) is 4.52 Å². The van der Waals surface area contributed by atoms with Crippen molar-refractivity contribution >= 4 is 21.4 Å². The molecule has 3 heteroatoms. The molecule has 0 N–H and O–H groups in total. The van der Waals surface area contributed by atoms with Gasteiger partial charge < -0.3 is 0 Å². The maximum Gasteiger partial charge on any atom is 0.0675 e. The molecule has 13 heavy (non-hydrogen) atoms. The van der Waals surface area contributed by atoms with Crippen LogP contribution in [0.1, 0.15) is 18.2 Å². The summed E-state index contributed by atoms with van der Waals surface area (Å²) in [6, 6.07) is 4.21. The van der Waals surface area contributed by atoms with E-state index in [1.807, 2.05) is 10.7 Å².